The first-order valence-electron chi connectivity index (χ1n) is 6.25. The van der Waals surface area contributed by atoms with Gasteiger partial charge in [0.2, 0.25) is 0 Å². The first kappa shape index (κ1) is 15.3. The van der Waals surface area contributed by atoms with E-state index >= 15 is 0 Å². The van der Waals surface area contributed by atoms with Crippen molar-refractivity contribution in [2.24, 2.45) is 0 Å². The summed E-state index contributed by atoms with van der Waals surface area (Å²) < 4.78 is 14.9. The van der Waals surface area contributed by atoms with E-state index in [9.17, 15) is 14.4 Å². The Kier molecular flexibility index (Phi) is 4.57. The number of hydrogen-bond donors (Lipinski definition) is 1. The molecule has 0 spiro atoms. The van der Waals surface area contributed by atoms with Crippen LogP contribution in [0.4, 0.5) is 10.6 Å². The van der Waals surface area contributed by atoms with Gasteiger partial charge in [0.25, 0.3) is 5.91 Å². The minimum absolute atomic E-state index is 0.0268. The van der Waals surface area contributed by atoms with E-state index in [0.29, 0.717) is 0 Å². The van der Waals surface area contributed by atoms with E-state index in [1.165, 1.54) is 24.7 Å². The van der Waals surface area contributed by atoms with Gasteiger partial charge in [-0.1, -0.05) is 0 Å². The highest BCUT2D eigenvalue weighted by molar-refractivity contribution is 6.04. The second-order valence-electron chi connectivity index (χ2n) is 3.98. The molecule has 2 aromatic rings. The summed E-state index contributed by atoms with van der Waals surface area (Å²) in [6.45, 7) is 1.79. The van der Waals surface area contributed by atoms with Crippen molar-refractivity contribution in [3.05, 3.63) is 35.9 Å². The Morgan fingerprint density at radius 1 is 1.41 bits per heavy atom. The minimum Gasteiger partial charge on any atom is -0.472 e. The molecule has 0 aliphatic rings. The summed E-state index contributed by atoms with van der Waals surface area (Å²) in [5.74, 6) is -1.28. The zero-order valence-corrected chi connectivity index (χ0v) is 11.9. The average molecular weight is 307 g/mol. The molecule has 0 bridgehead atoms. The van der Waals surface area contributed by atoms with Crippen molar-refractivity contribution in [3.8, 4) is 0 Å². The van der Waals surface area contributed by atoms with Gasteiger partial charge in [-0.3, -0.25) is 4.79 Å². The van der Waals surface area contributed by atoms with Gasteiger partial charge in [-0.2, -0.15) is 5.10 Å². The molecule has 116 valence electrons. The third-order valence-corrected chi connectivity index (χ3v) is 2.57. The molecule has 2 heterocycles. The SMILES string of the molecule is CCOC(=O)c1cc(NC(=O)c2ccoc2)n(C(=O)OC)n1. The van der Waals surface area contributed by atoms with Gasteiger partial charge in [0.05, 0.1) is 25.5 Å². The molecular weight excluding hydrogens is 294 g/mol. The van der Waals surface area contributed by atoms with E-state index in [4.69, 9.17) is 9.15 Å². The number of nitrogens with one attached hydrogen (secondary N) is 1. The first-order chi connectivity index (χ1) is 10.6. The van der Waals surface area contributed by atoms with Crippen molar-refractivity contribution >= 4 is 23.8 Å². The fourth-order valence-corrected chi connectivity index (χ4v) is 1.58. The van der Waals surface area contributed by atoms with Crippen molar-refractivity contribution in [1.82, 2.24) is 9.78 Å². The van der Waals surface area contributed by atoms with Gasteiger partial charge in [0.15, 0.2) is 5.69 Å². The molecule has 0 saturated heterocycles. The molecule has 1 N–H and O–H groups in total. The van der Waals surface area contributed by atoms with Crippen molar-refractivity contribution in [2.45, 2.75) is 6.92 Å². The number of rotatable bonds is 4. The van der Waals surface area contributed by atoms with Gasteiger partial charge in [0.1, 0.15) is 12.1 Å². The lowest BCUT2D eigenvalue weighted by Gasteiger charge is -2.05. The van der Waals surface area contributed by atoms with Crippen LogP contribution in [0.5, 0.6) is 0 Å². The van der Waals surface area contributed by atoms with Crippen LogP contribution in [-0.2, 0) is 9.47 Å². The average Bonchev–Trinajstić information content (AvgIpc) is 3.16. The zero-order valence-electron chi connectivity index (χ0n) is 11.9. The number of methoxy groups -OCH3 is 1. The summed E-state index contributed by atoms with van der Waals surface area (Å²) in [5.41, 5.74) is 0.116. The molecule has 22 heavy (non-hydrogen) atoms. The molecule has 1 amide bonds. The Morgan fingerprint density at radius 3 is 2.77 bits per heavy atom. The standard InChI is InChI=1S/C13H13N3O6/c1-3-22-12(18)9-6-10(16(15-9)13(19)20-2)14-11(17)8-4-5-21-7-8/h4-7H,3H2,1-2H3,(H,14,17). The lowest BCUT2D eigenvalue weighted by molar-refractivity contribution is 0.0518. The topological polar surface area (TPSA) is 113 Å². The molecule has 2 aromatic heterocycles. The fourth-order valence-electron chi connectivity index (χ4n) is 1.58. The van der Waals surface area contributed by atoms with Crippen LogP contribution in [0, 0.1) is 0 Å². The van der Waals surface area contributed by atoms with Crippen molar-refractivity contribution in [3.63, 3.8) is 0 Å². The fraction of sp³-hybridized carbons (Fsp3) is 0.231. The Morgan fingerprint density at radius 2 is 2.18 bits per heavy atom. The summed E-state index contributed by atoms with van der Waals surface area (Å²) in [6.07, 6.45) is 1.70. The number of carbonyl (C=O) groups is 3. The van der Waals surface area contributed by atoms with Crippen LogP contribution in [0.3, 0.4) is 0 Å². The number of amides is 1. The van der Waals surface area contributed by atoms with Crippen molar-refractivity contribution < 1.29 is 28.3 Å². The molecule has 0 unspecified atom stereocenters. The maximum absolute atomic E-state index is 12.0. The highest BCUT2D eigenvalue weighted by Crippen LogP contribution is 2.14. The van der Waals surface area contributed by atoms with Gasteiger partial charge in [0, 0.05) is 6.07 Å². The van der Waals surface area contributed by atoms with Crippen LogP contribution >= 0.6 is 0 Å². The smallest absolute Gasteiger partial charge is 0.436 e. The van der Waals surface area contributed by atoms with Crippen LogP contribution < -0.4 is 5.32 Å². The van der Waals surface area contributed by atoms with Gasteiger partial charge < -0.3 is 19.2 Å². The number of esters is 1. The second-order valence-corrected chi connectivity index (χ2v) is 3.98. The molecular formula is C13H13N3O6. The zero-order chi connectivity index (χ0) is 16.1. The molecule has 0 aliphatic carbocycles. The van der Waals surface area contributed by atoms with Gasteiger partial charge in [-0.05, 0) is 13.0 Å². The van der Waals surface area contributed by atoms with E-state index in [1.54, 1.807) is 6.92 Å². The highest BCUT2D eigenvalue weighted by Gasteiger charge is 2.21. The summed E-state index contributed by atoms with van der Waals surface area (Å²) in [6, 6.07) is 2.66. The van der Waals surface area contributed by atoms with Crippen LogP contribution in [0.25, 0.3) is 0 Å². The summed E-state index contributed by atoms with van der Waals surface area (Å²) in [5, 5.41) is 6.20. The van der Waals surface area contributed by atoms with E-state index in [-0.39, 0.29) is 23.7 Å². The predicted molar refractivity (Wildman–Crippen MR) is 72.6 cm³/mol. The maximum atomic E-state index is 12.0. The third-order valence-electron chi connectivity index (χ3n) is 2.57. The number of hydrogen-bond acceptors (Lipinski definition) is 7. The summed E-state index contributed by atoms with van der Waals surface area (Å²) in [4.78, 5) is 35.3. The highest BCUT2D eigenvalue weighted by atomic mass is 16.5. The Hall–Kier alpha value is -3.10. The van der Waals surface area contributed by atoms with Crippen LogP contribution in [-0.4, -0.2) is 41.5 Å². The molecule has 0 aromatic carbocycles. The van der Waals surface area contributed by atoms with Crippen LogP contribution in [0.1, 0.15) is 27.8 Å². The van der Waals surface area contributed by atoms with E-state index in [1.807, 2.05) is 0 Å². The van der Waals surface area contributed by atoms with E-state index in [2.05, 4.69) is 15.2 Å². The molecule has 2 rings (SSSR count). The quantitative estimate of drug-likeness (QED) is 0.852. The van der Waals surface area contributed by atoms with Gasteiger partial charge in [-0.25, -0.2) is 9.59 Å². The molecule has 9 heteroatoms. The molecule has 0 atom stereocenters. The molecule has 0 aliphatic heterocycles. The Bertz CT molecular complexity index is 689. The second kappa shape index (κ2) is 6.57. The molecule has 0 fully saturated rings. The van der Waals surface area contributed by atoms with Gasteiger partial charge >= 0.3 is 12.1 Å². The Balaban J connectivity index is 2.30. The number of anilines is 1. The van der Waals surface area contributed by atoms with Crippen molar-refractivity contribution in [2.75, 3.05) is 19.0 Å². The molecule has 0 saturated carbocycles. The first-order valence-corrected chi connectivity index (χ1v) is 6.25. The largest absolute Gasteiger partial charge is 0.472 e. The monoisotopic (exact) mass is 307 g/mol. The predicted octanol–water partition coefficient (Wildman–Crippen LogP) is 1.52. The third kappa shape index (κ3) is 3.14. The van der Waals surface area contributed by atoms with E-state index < -0.39 is 18.0 Å². The van der Waals surface area contributed by atoms with E-state index in [0.717, 1.165) is 11.8 Å². The summed E-state index contributed by atoms with van der Waals surface area (Å²) >= 11 is 0. The number of ether oxygens (including phenoxy) is 2. The van der Waals surface area contributed by atoms with Crippen LogP contribution in [0.2, 0.25) is 0 Å². The van der Waals surface area contributed by atoms with Gasteiger partial charge in [-0.15, -0.1) is 4.68 Å². The van der Waals surface area contributed by atoms with Crippen molar-refractivity contribution in [1.29, 1.82) is 0 Å². The molecule has 9 nitrogen and oxygen atoms in total. The Labute approximate surface area is 124 Å². The number of aromatic nitrogens is 2. The maximum Gasteiger partial charge on any atom is 0.436 e. The minimum atomic E-state index is -0.863. The number of nitrogens with zero attached hydrogens (tertiary/aromatic N) is 2. The normalized spacial score (nSPS) is 10.1. The lowest BCUT2D eigenvalue weighted by Crippen LogP contribution is -2.20. The summed E-state index contributed by atoms with van der Waals surface area (Å²) in [7, 11) is 1.15. The number of carbonyl (C=O) groups excluding carboxylic acids is 3. The number of furan rings is 1. The van der Waals surface area contributed by atoms with Crippen LogP contribution in [0.15, 0.2) is 29.1 Å². The molecule has 0 radical (unpaired) electrons. The lowest BCUT2D eigenvalue weighted by atomic mass is 10.3.